The van der Waals surface area contributed by atoms with E-state index < -0.39 is 0 Å². The molecule has 1 nitrogen and oxygen atoms in total. The van der Waals surface area contributed by atoms with Gasteiger partial charge in [-0.1, -0.05) is 33.6 Å². The molecule has 0 spiro atoms. The lowest BCUT2D eigenvalue weighted by molar-refractivity contribution is 0.0988. The SMILES string of the molecule is Cc1ccc(CBr)c(C(=O)CCCl)c1. The Morgan fingerprint density at radius 3 is 2.79 bits per heavy atom. The molecule has 0 bridgehead atoms. The van der Waals surface area contributed by atoms with Gasteiger partial charge in [0.2, 0.25) is 0 Å². The largest absolute Gasteiger partial charge is 0.294 e. The van der Waals surface area contributed by atoms with Crippen LogP contribution in [-0.4, -0.2) is 11.7 Å². The Kier molecular flexibility index (Phi) is 4.63. The Bertz CT molecular complexity index is 336. The number of halogens is 2. The summed E-state index contributed by atoms with van der Waals surface area (Å²) in [6.07, 6.45) is 0.408. The highest BCUT2D eigenvalue weighted by Gasteiger charge is 2.09. The Morgan fingerprint density at radius 1 is 1.50 bits per heavy atom. The molecule has 1 rings (SSSR count). The third-order valence-corrected chi connectivity index (χ3v) is 2.82. The molecule has 76 valence electrons. The number of alkyl halides is 2. The summed E-state index contributed by atoms with van der Waals surface area (Å²) < 4.78 is 0. The number of ketones is 1. The van der Waals surface area contributed by atoms with Crippen LogP contribution in [0.15, 0.2) is 18.2 Å². The average Bonchev–Trinajstić information content (AvgIpc) is 2.18. The molecular formula is C11H12BrClO. The molecule has 0 aliphatic rings. The predicted octanol–water partition coefficient (Wildman–Crippen LogP) is 3.70. The molecule has 0 amide bonds. The zero-order chi connectivity index (χ0) is 10.6. The first-order valence-electron chi connectivity index (χ1n) is 4.43. The summed E-state index contributed by atoms with van der Waals surface area (Å²) in [6.45, 7) is 1.98. The average molecular weight is 276 g/mol. The molecule has 0 aliphatic carbocycles. The number of hydrogen-bond donors (Lipinski definition) is 0. The van der Waals surface area contributed by atoms with Crippen molar-refractivity contribution in [2.75, 3.05) is 5.88 Å². The number of benzene rings is 1. The van der Waals surface area contributed by atoms with Gasteiger partial charge in [0.1, 0.15) is 0 Å². The maximum atomic E-state index is 11.7. The number of Topliss-reactive ketones (excluding diaryl/α,β-unsaturated/α-hetero) is 1. The van der Waals surface area contributed by atoms with Gasteiger partial charge >= 0.3 is 0 Å². The van der Waals surface area contributed by atoms with Crippen molar-refractivity contribution >= 4 is 33.3 Å². The molecule has 0 saturated heterocycles. The highest BCUT2D eigenvalue weighted by molar-refractivity contribution is 9.08. The van der Waals surface area contributed by atoms with Crippen molar-refractivity contribution in [2.45, 2.75) is 18.7 Å². The van der Waals surface area contributed by atoms with E-state index in [2.05, 4.69) is 15.9 Å². The quantitative estimate of drug-likeness (QED) is 0.605. The lowest BCUT2D eigenvalue weighted by atomic mass is 10.0. The van der Waals surface area contributed by atoms with E-state index in [0.29, 0.717) is 17.6 Å². The van der Waals surface area contributed by atoms with Crippen LogP contribution in [-0.2, 0) is 5.33 Å². The Hall–Kier alpha value is -0.340. The lowest BCUT2D eigenvalue weighted by Crippen LogP contribution is -2.03. The van der Waals surface area contributed by atoms with Crippen molar-refractivity contribution in [1.82, 2.24) is 0 Å². The molecule has 0 radical (unpaired) electrons. The minimum Gasteiger partial charge on any atom is -0.294 e. The topological polar surface area (TPSA) is 17.1 Å². The summed E-state index contributed by atoms with van der Waals surface area (Å²) in [4.78, 5) is 11.7. The molecule has 0 heterocycles. The van der Waals surface area contributed by atoms with Crippen molar-refractivity contribution in [3.63, 3.8) is 0 Å². The second-order valence-electron chi connectivity index (χ2n) is 3.16. The number of rotatable bonds is 4. The number of carbonyl (C=O) groups excluding carboxylic acids is 1. The number of carbonyl (C=O) groups is 1. The zero-order valence-electron chi connectivity index (χ0n) is 8.02. The molecule has 3 heteroatoms. The van der Waals surface area contributed by atoms with Crippen LogP contribution in [0.2, 0.25) is 0 Å². The summed E-state index contributed by atoms with van der Waals surface area (Å²) in [5.74, 6) is 0.507. The first-order valence-corrected chi connectivity index (χ1v) is 6.09. The van der Waals surface area contributed by atoms with E-state index in [1.165, 1.54) is 0 Å². The Balaban J connectivity index is 3.03. The monoisotopic (exact) mass is 274 g/mol. The second kappa shape index (κ2) is 5.52. The summed E-state index contributed by atoms with van der Waals surface area (Å²) in [6, 6.07) is 5.91. The molecular weight excluding hydrogens is 263 g/mol. The second-order valence-corrected chi connectivity index (χ2v) is 4.10. The lowest BCUT2D eigenvalue weighted by Gasteiger charge is -2.06. The van der Waals surface area contributed by atoms with Gasteiger partial charge in [0.15, 0.2) is 5.78 Å². The van der Waals surface area contributed by atoms with Crippen LogP contribution in [0.5, 0.6) is 0 Å². The van der Waals surface area contributed by atoms with Crippen molar-refractivity contribution in [2.24, 2.45) is 0 Å². The number of aryl methyl sites for hydroxylation is 1. The van der Waals surface area contributed by atoms with Gasteiger partial charge in [0.05, 0.1) is 0 Å². The standard InChI is InChI=1S/C11H12BrClO/c1-8-2-3-9(7-12)10(6-8)11(14)4-5-13/h2-3,6H,4-5,7H2,1H3. The van der Waals surface area contributed by atoms with Crippen LogP contribution >= 0.6 is 27.5 Å². The van der Waals surface area contributed by atoms with Crippen LogP contribution in [0.1, 0.15) is 27.9 Å². The highest BCUT2D eigenvalue weighted by Crippen LogP contribution is 2.16. The fourth-order valence-corrected chi connectivity index (χ4v) is 1.95. The Morgan fingerprint density at radius 2 is 2.21 bits per heavy atom. The van der Waals surface area contributed by atoms with Gasteiger partial charge in [0.25, 0.3) is 0 Å². The van der Waals surface area contributed by atoms with Gasteiger partial charge in [0, 0.05) is 23.2 Å². The smallest absolute Gasteiger partial charge is 0.164 e. The normalized spacial score (nSPS) is 10.2. The van der Waals surface area contributed by atoms with Crippen LogP contribution in [0.25, 0.3) is 0 Å². The molecule has 0 N–H and O–H groups in total. The van der Waals surface area contributed by atoms with E-state index in [9.17, 15) is 4.79 Å². The maximum Gasteiger partial charge on any atom is 0.164 e. The molecule has 0 aromatic heterocycles. The minimum atomic E-state index is 0.123. The number of hydrogen-bond acceptors (Lipinski definition) is 1. The van der Waals surface area contributed by atoms with Crippen molar-refractivity contribution in [1.29, 1.82) is 0 Å². The van der Waals surface area contributed by atoms with Gasteiger partial charge in [-0.05, 0) is 18.6 Å². The third kappa shape index (κ3) is 2.82. The zero-order valence-corrected chi connectivity index (χ0v) is 10.4. The minimum absolute atomic E-state index is 0.123. The van der Waals surface area contributed by atoms with Gasteiger partial charge in [-0.3, -0.25) is 4.79 Å². The first kappa shape index (κ1) is 11.7. The predicted molar refractivity (Wildman–Crippen MR) is 63.5 cm³/mol. The van der Waals surface area contributed by atoms with Gasteiger partial charge in [-0.25, -0.2) is 0 Å². The van der Waals surface area contributed by atoms with Crippen LogP contribution in [0, 0.1) is 6.92 Å². The van der Waals surface area contributed by atoms with E-state index in [4.69, 9.17) is 11.6 Å². The Labute approximate surface area is 97.6 Å². The molecule has 1 aromatic rings. The maximum absolute atomic E-state index is 11.7. The first-order chi connectivity index (χ1) is 6.69. The molecule has 14 heavy (non-hydrogen) atoms. The van der Waals surface area contributed by atoms with Crippen LogP contribution in [0.3, 0.4) is 0 Å². The fraction of sp³-hybridized carbons (Fsp3) is 0.364. The molecule has 0 aliphatic heterocycles. The van der Waals surface area contributed by atoms with E-state index in [1.807, 2.05) is 25.1 Å². The van der Waals surface area contributed by atoms with Gasteiger partial charge < -0.3 is 0 Å². The molecule has 0 atom stereocenters. The fourth-order valence-electron chi connectivity index (χ4n) is 1.29. The summed E-state index contributed by atoms with van der Waals surface area (Å²) in [5.41, 5.74) is 2.93. The molecule has 0 unspecified atom stereocenters. The highest BCUT2D eigenvalue weighted by atomic mass is 79.9. The van der Waals surface area contributed by atoms with Crippen LogP contribution < -0.4 is 0 Å². The summed E-state index contributed by atoms with van der Waals surface area (Å²) in [5, 5.41) is 0.705. The van der Waals surface area contributed by atoms with Gasteiger partial charge in [-0.15, -0.1) is 11.6 Å². The third-order valence-electron chi connectivity index (χ3n) is 2.03. The van der Waals surface area contributed by atoms with Crippen molar-refractivity contribution < 1.29 is 4.79 Å². The van der Waals surface area contributed by atoms with E-state index in [-0.39, 0.29) is 5.78 Å². The van der Waals surface area contributed by atoms with Crippen molar-refractivity contribution in [3.8, 4) is 0 Å². The van der Waals surface area contributed by atoms with Crippen molar-refractivity contribution in [3.05, 3.63) is 34.9 Å². The molecule has 0 fully saturated rings. The van der Waals surface area contributed by atoms with Gasteiger partial charge in [-0.2, -0.15) is 0 Å². The van der Waals surface area contributed by atoms with E-state index in [1.54, 1.807) is 0 Å². The summed E-state index contributed by atoms with van der Waals surface area (Å²) in [7, 11) is 0. The van der Waals surface area contributed by atoms with E-state index >= 15 is 0 Å². The van der Waals surface area contributed by atoms with E-state index in [0.717, 1.165) is 16.7 Å². The van der Waals surface area contributed by atoms with Crippen LogP contribution in [0.4, 0.5) is 0 Å². The molecule has 1 aromatic carbocycles. The summed E-state index contributed by atoms with van der Waals surface area (Å²) >= 11 is 8.92. The molecule has 0 saturated carbocycles.